The van der Waals surface area contributed by atoms with Crippen LogP contribution < -0.4 is 9.47 Å². The van der Waals surface area contributed by atoms with Crippen molar-refractivity contribution in [2.45, 2.75) is 19.6 Å². The molecule has 5 nitrogen and oxygen atoms in total. The number of hydrogen-bond acceptors (Lipinski definition) is 5. The van der Waals surface area contributed by atoms with Gasteiger partial charge in [0.2, 0.25) is 0 Å². The summed E-state index contributed by atoms with van der Waals surface area (Å²) in [4.78, 5) is 12.1. The molecule has 138 valence electrons. The van der Waals surface area contributed by atoms with E-state index in [1.54, 1.807) is 12.1 Å². The molecule has 0 spiro atoms. The van der Waals surface area contributed by atoms with Gasteiger partial charge in [-0.15, -0.1) is 13.2 Å². The number of alkyl halides is 3. The summed E-state index contributed by atoms with van der Waals surface area (Å²) in [7, 11) is 0. The van der Waals surface area contributed by atoms with Crippen molar-refractivity contribution >= 4 is 17.6 Å². The van der Waals surface area contributed by atoms with E-state index in [4.69, 9.17) is 25.8 Å². The molecule has 2 aromatic rings. The highest BCUT2D eigenvalue weighted by molar-refractivity contribution is 6.30. The van der Waals surface area contributed by atoms with Crippen LogP contribution in [0, 0.1) is 0 Å². The maximum atomic E-state index is 12.1. The SMILES string of the molecule is O=C(OCc1cc(Cl)cc2c1OCOC2)c1ccc(OC(F)(F)F)cc1. The molecule has 0 bridgehead atoms. The van der Waals surface area contributed by atoms with Crippen LogP contribution in [-0.2, 0) is 22.7 Å². The molecule has 9 heteroatoms. The quantitative estimate of drug-likeness (QED) is 0.724. The molecule has 3 rings (SSSR count). The van der Waals surface area contributed by atoms with Crippen LogP contribution in [0.2, 0.25) is 5.02 Å². The molecule has 0 aliphatic carbocycles. The molecule has 0 radical (unpaired) electrons. The molecular weight excluding hydrogens is 377 g/mol. The largest absolute Gasteiger partial charge is 0.573 e. The minimum atomic E-state index is -4.79. The van der Waals surface area contributed by atoms with Crippen molar-refractivity contribution in [1.29, 1.82) is 0 Å². The van der Waals surface area contributed by atoms with E-state index in [2.05, 4.69) is 4.74 Å². The first-order chi connectivity index (χ1) is 12.3. The Bertz CT molecular complexity index is 805. The van der Waals surface area contributed by atoms with Gasteiger partial charge in [0.25, 0.3) is 0 Å². The number of esters is 1. The van der Waals surface area contributed by atoms with Gasteiger partial charge in [-0.3, -0.25) is 0 Å². The molecule has 0 saturated heterocycles. The average Bonchev–Trinajstić information content (AvgIpc) is 2.58. The van der Waals surface area contributed by atoms with Gasteiger partial charge in [0.1, 0.15) is 18.1 Å². The van der Waals surface area contributed by atoms with Crippen LogP contribution in [-0.4, -0.2) is 19.1 Å². The van der Waals surface area contributed by atoms with E-state index in [-0.39, 0.29) is 19.0 Å². The van der Waals surface area contributed by atoms with Crippen molar-refractivity contribution in [3.05, 3.63) is 58.1 Å². The molecule has 0 fully saturated rings. The molecule has 0 N–H and O–H groups in total. The molecule has 26 heavy (non-hydrogen) atoms. The fourth-order valence-corrected chi connectivity index (χ4v) is 2.65. The first-order valence-corrected chi connectivity index (χ1v) is 7.74. The monoisotopic (exact) mass is 388 g/mol. The smallest absolute Gasteiger partial charge is 0.467 e. The normalized spacial score (nSPS) is 13.5. The number of ether oxygens (including phenoxy) is 4. The van der Waals surface area contributed by atoms with E-state index >= 15 is 0 Å². The second-order valence-corrected chi connectivity index (χ2v) is 5.75. The van der Waals surface area contributed by atoms with E-state index in [1.807, 2.05) is 0 Å². The van der Waals surface area contributed by atoms with Gasteiger partial charge in [0.15, 0.2) is 6.79 Å². The van der Waals surface area contributed by atoms with Crippen molar-refractivity contribution in [2.24, 2.45) is 0 Å². The Balaban J connectivity index is 1.67. The number of hydrogen-bond donors (Lipinski definition) is 0. The second kappa shape index (κ2) is 7.43. The number of carbonyl (C=O) groups is 1. The highest BCUT2D eigenvalue weighted by Gasteiger charge is 2.31. The molecule has 0 atom stereocenters. The fraction of sp³-hybridized carbons (Fsp3) is 0.235. The molecular formula is C17H12ClF3O5. The third-order valence-electron chi connectivity index (χ3n) is 3.43. The summed E-state index contributed by atoms with van der Waals surface area (Å²) in [5.41, 5.74) is 1.39. The van der Waals surface area contributed by atoms with Crippen LogP contribution in [0.5, 0.6) is 11.5 Å². The topological polar surface area (TPSA) is 54.0 Å². The lowest BCUT2D eigenvalue weighted by molar-refractivity contribution is -0.274. The first-order valence-electron chi connectivity index (χ1n) is 7.36. The summed E-state index contributed by atoms with van der Waals surface area (Å²) in [6.45, 7) is 0.302. The van der Waals surface area contributed by atoms with Crippen molar-refractivity contribution < 1.29 is 36.9 Å². The molecule has 1 aliphatic heterocycles. The van der Waals surface area contributed by atoms with Crippen molar-refractivity contribution in [3.63, 3.8) is 0 Å². The van der Waals surface area contributed by atoms with Crippen LogP contribution in [0.3, 0.4) is 0 Å². The summed E-state index contributed by atoms with van der Waals surface area (Å²) < 4.78 is 55.9. The lowest BCUT2D eigenvalue weighted by Crippen LogP contribution is -2.17. The van der Waals surface area contributed by atoms with E-state index in [9.17, 15) is 18.0 Å². The highest BCUT2D eigenvalue weighted by atomic mass is 35.5. The van der Waals surface area contributed by atoms with Crippen molar-refractivity contribution in [3.8, 4) is 11.5 Å². The number of halogens is 4. The molecule has 0 amide bonds. The Morgan fingerprint density at radius 1 is 1.19 bits per heavy atom. The molecule has 1 aliphatic rings. The third-order valence-corrected chi connectivity index (χ3v) is 3.65. The van der Waals surface area contributed by atoms with Crippen molar-refractivity contribution in [2.75, 3.05) is 6.79 Å². The van der Waals surface area contributed by atoms with Gasteiger partial charge in [0.05, 0.1) is 12.2 Å². The molecule has 0 aromatic heterocycles. The predicted octanol–water partition coefficient (Wildman–Crippen LogP) is 4.46. The van der Waals surface area contributed by atoms with Gasteiger partial charge < -0.3 is 18.9 Å². The number of carbonyl (C=O) groups excluding carboxylic acids is 1. The van der Waals surface area contributed by atoms with Gasteiger partial charge in [0, 0.05) is 16.1 Å². The van der Waals surface area contributed by atoms with Crippen LogP contribution in [0.25, 0.3) is 0 Å². The summed E-state index contributed by atoms with van der Waals surface area (Å²) in [6.07, 6.45) is -4.79. The van der Waals surface area contributed by atoms with Gasteiger partial charge >= 0.3 is 12.3 Å². The van der Waals surface area contributed by atoms with Crippen LogP contribution >= 0.6 is 11.6 Å². The summed E-state index contributed by atoms with van der Waals surface area (Å²) in [5.74, 6) is -0.585. The maximum absolute atomic E-state index is 12.1. The van der Waals surface area contributed by atoms with Gasteiger partial charge in [-0.2, -0.15) is 0 Å². The van der Waals surface area contributed by atoms with Gasteiger partial charge in [-0.25, -0.2) is 4.79 Å². The Kier molecular flexibility index (Phi) is 5.24. The van der Waals surface area contributed by atoms with Crippen molar-refractivity contribution in [1.82, 2.24) is 0 Å². The summed E-state index contributed by atoms with van der Waals surface area (Å²) >= 11 is 6.03. The maximum Gasteiger partial charge on any atom is 0.573 e. The molecule has 2 aromatic carbocycles. The zero-order chi connectivity index (χ0) is 18.7. The molecule has 0 unspecified atom stereocenters. The number of fused-ring (bicyclic) bond motifs is 1. The Hall–Kier alpha value is -2.45. The standard InChI is InChI=1S/C17H12ClF3O5/c18-13-5-11-7-23-9-25-15(11)12(6-13)8-24-16(22)10-1-3-14(4-2-10)26-17(19,20)21/h1-6H,7-9H2. The average molecular weight is 389 g/mol. The van der Waals surface area contributed by atoms with E-state index < -0.39 is 18.1 Å². The minimum absolute atomic E-state index is 0.0796. The van der Waals surface area contributed by atoms with Crippen LogP contribution in [0.4, 0.5) is 13.2 Å². The van der Waals surface area contributed by atoms with E-state index in [1.165, 1.54) is 12.1 Å². The van der Waals surface area contributed by atoms with E-state index in [0.29, 0.717) is 22.9 Å². The Morgan fingerprint density at radius 2 is 1.92 bits per heavy atom. The zero-order valence-electron chi connectivity index (χ0n) is 13.1. The van der Waals surface area contributed by atoms with Gasteiger partial charge in [-0.1, -0.05) is 11.6 Å². The lowest BCUT2D eigenvalue weighted by atomic mass is 10.1. The van der Waals surface area contributed by atoms with Crippen LogP contribution in [0.1, 0.15) is 21.5 Å². The number of rotatable bonds is 4. The summed E-state index contributed by atoms with van der Waals surface area (Å²) in [5, 5.41) is 0.442. The minimum Gasteiger partial charge on any atom is -0.467 e. The third kappa shape index (κ3) is 4.59. The molecule has 1 heterocycles. The highest BCUT2D eigenvalue weighted by Crippen LogP contribution is 2.32. The van der Waals surface area contributed by atoms with E-state index in [0.717, 1.165) is 17.7 Å². The Morgan fingerprint density at radius 3 is 2.62 bits per heavy atom. The van der Waals surface area contributed by atoms with Gasteiger partial charge in [-0.05, 0) is 36.4 Å². The summed E-state index contributed by atoms with van der Waals surface area (Å²) in [6, 6.07) is 7.74. The Labute approximate surface area is 151 Å². The lowest BCUT2D eigenvalue weighted by Gasteiger charge is -2.21. The first kappa shape index (κ1) is 18.3. The predicted molar refractivity (Wildman–Crippen MR) is 84.0 cm³/mol. The zero-order valence-corrected chi connectivity index (χ0v) is 13.9. The molecule has 0 saturated carbocycles. The number of benzene rings is 2. The second-order valence-electron chi connectivity index (χ2n) is 5.31. The fourth-order valence-electron chi connectivity index (χ4n) is 2.38. The van der Waals surface area contributed by atoms with Crippen LogP contribution in [0.15, 0.2) is 36.4 Å².